The molecule has 0 bridgehead atoms. The third kappa shape index (κ3) is 8.13. The maximum atomic E-state index is 10.8. The van der Waals surface area contributed by atoms with Crippen molar-refractivity contribution in [3.63, 3.8) is 0 Å². The summed E-state index contributed by atoms with van der Waals surface area (Å²) < 4.78 is 0. The zero-order chi connectivity index (χ0) is 14.4. The summed E-state index contributed by atoms with van der Waals surface area (Å²) in [6.45, 7) is 0. The number of hydrogen-bond acceptors (Lipinski definition) is 8. The highest BCUT2D eigenvalue weighted by Gasteiger charge is 2.30. The third-order valence-corrected chi connectivity index (χ3v) is 3.87. The lowest BCUT2D eigenvalue weighted by Crippen LogP contribution is -2.38. The Kier molecular flexibility index (Phi) is 7.51. The average Bonchev–Trinajstić information content (AvgIpc) is 2.19. The molecule has 0 aromatic heterocycles. The number of carbonyl (C=O) groups is 2. The molecule has 0 heterocycles. The van der Waals surface area contributed by atoms with E-state index in [0.29, 0.717) is 12.8 Å². The van der Waals surface area contributed by atoms with Crippen molar-refractivity contribution >= 4 is 26.9 Å². The van der Waals surface area contributed by atoms with E-state index in [1.54, 1.807) is 0 Å². The fourth-order valence-corrected chi connectivity index (χ4v) is 2.07. The van der Waals surface area contributed by atoms with E-state index < -0.39 is 26.9 Å². The zero-order valence-electron chi connectivity index (χ0n) is 9.48. The van der Waals surface area contributed by atoms with Crippen LogP contribution in [0.3, 0.4) is 0 Å². The van der Waals surface area contributed by atoms with Crippen molar-refractivity contribution in [1.82, 2.24) is 0 Å². The molecule has 8 nitrogen and oxygen atoms in total. The molecule has 0 radical (unpaired) electrons. The second-order valence-corrected chi connectivity index (χ2v) is 6.82. The van der Waals surface area contributed by atoms with Crippen LogP contribution in [0.15, 0.2) is 0 Å². The molecule has 0 unspecified atom stereocenters. The van der Waals surface area contributed by atoms with Gasteiger partial charge in [-0.3, -0.25) is 4.79 Å². The topological polar surface area (TPSA) is 167 Å². The van der Waals surface area contributed by atoms with Crippen LogP contribution in [0.25, 0.3) is 0 Å². The van der Waals surface area contributed by atoms with Gasteiger partial charge in [-0.25, -0.2) is 14.6 Å². The molecule has 0 amide bonds. The average molecular weight is 300 g/mol. The Balaban J connectivity index is 3.60. The molecule has 0 spiro atoms. The van der Waals surface area contributed by atoms with Crippen LogP contribution in [0, 0.1) is 0 Å². The second kappa shape index (κ2) is 7.53. The van der Waals surface area contributed by atoms with E-state index in [0.717, 1.165) is 0 Å². The van der Waals surface area contributed by atoms with E-state index in [1.165, 1.54) is 0 Å². The van der Waals surface area contributed by atoms with Gasteiger partial charge in [-0.1, -0.05) is 20.8 Å². The molecule has 0 saturated heterocycles. The summed E-state index contributed by atoms with van der Waals surface area (Å²) in [7, 11) is -9.81. The highest BCUT2D eigenvalue weighted by atomic mass is 31.2. The largest absolute Gasteiger partial charge is 0.681 e. The summed E-state index contributed by atoms with van der Waals surface area (Å²) in [5.74, 6) is 0. The summed E-state index contributed by atoms with van der Waals surface area (Å²) in [5, 5.41) is 0. The van der Waals surface area contributed by atoms with Crippen molar-refractivity contribution < 1.29 is 38.9 Å². The van der Waals surface area contributed by atoms with E-state index >= 15 is 0 Å². The summed E-state index contributed by atoms with van der Waals surface area (Å²) in [5.41, 5.74) is -2.48. The summed E-state index contributed by atoms with van der Waals surface area (Å²) in [6.07, 6.45) is 0.625. The number of carbonyl (C=O) groups excluding carboxylic acids is 2. The molecule has 0 fully saturated rings. The Morgan fingerprint density at radius 1 is 0.778 bits per heavy atom. The number of hydrogen-bond donors (Lipinski definition) is 2. The Labute approximate surface area is 105 Å². The minimum atomic E-state index is -5.15. The highest BCUT2D eigenvalue weighted by Crippen LogP contribution is 2.41. The van der Waals surface area contributed by atoms with E-state index in [-0.39, 0.29) is 25.7 Å². The molecule has 18 heavy (non-hydrogen) atoms. The quantitative estimate of drug-likeness (QED) is 0.343. The van der Waals surface area contributed by atoms with Crippen LogP contribution < -0.4 is 19.6 Å². The van der Waals surface area contributed by atoms with Crippen molar-refractivity contribution in [1.29, 1.82) is 0 Å². The summed E-state index contributed by atoms with van der Waals surface area (Å²) in [6, 6.07) is 0. The van der Waals surface area contributed by atoms with Crippen molar-refractivity contribution in [2.75, 3.05) is 0 Å². The summed E-state index contributed by atoms with van der Waals surface area (Å²) in [4.78, 5) is 79.6. The molecule has 0 saturated carbocycles. The van der Waals surface area contributed by atoms with Gasteiger partial charge in [0.25, 0.3) is 7.94 Å². The molecule has 0 aromatic carbocycles. The molecule has 10 heteroatoms. The van der Waals surface area contributed by atoms with Crippen LogP contribution in [0.5, 0.6) is 0 Å². The Morgan fingerprint density at radius 3 is 1.50 bits per heavy atom. The third-order valence-electron chi connectivity index (χ3n) is 2.16. The highest BCUT2D eigenvalue weighted by molar-refractivity contribution is 7.74. The van der Waals surface area contributed by atoms with Crippen molar-refractivity contribution in [2.24, 2.45) is 0 Å². The Morgan fingerprint density at radius 2 is 1.17 bits per heavy atom. The lowest BCUT2D eigenvalue weighted by atomic mass is 10.1. The van der Waals surface area contributed by atoms with Crippen LogP contribution in [0.4, 0.5) is 0 Å². The minimum absolute atomic E-state index is 0.192. The van der Waals surface area contributed by atoms with Crippen LogP contribution in [-0.4, -0.2) is 20.8 Å². The van der Waals surface area contributed by atoms with Gasteiger partial charge >= 0.3 is 5.52 Å². The molecule has 0 aliphatic rings. The van der Waals surface area contributed by atoms with Crippen molar-refractivity contribution in [3.8, 4) is 0 Å². The fourth-order valence-electron chi connectivity index (χ4n) is 1.19. The van der Waals surface area contributed by atoms with Crippen LogP contribution in [0.1, 0.15) is 38.5 Å². The van der Waals surface area contributed by atoms with Crippen LogP contribution in [0.2, 0.25) is 0 Å². The number of rotatable bonds is 9. The second-order valence-electron chi connectivity index (χ2n) is 3.74. The van der Waals surface area contributed by atoms with Gasteiger partial charge in [-0.2, -0.15) is 0 Å². The molecule has 0 aromatic rings. The molecule has 0 atom stereocenters. The lowest BCUT2D eigenvalue weighted by molar-refractivity contribution is -0.422. The van der Waals surface area contributed by atoms with Gasteiger partial charge in [0, 0.05) is 12.8 Å². The SMILES string of the molecule is O=C(CCCCCCC(=O)[P+]([O-])(O)O)[P+]([O-])([O-])[O-]. The van der Waals surface area contributed by atoms with Gasteiger partial charge in [0.05, 0.1) is 0 Å². The van der Waals surface area contributed by atoms with Crippen molar-refractivity contribution in [2.45, 2.75) is 38.5 Å². The van der Waals surface area contributed by atoms with Crippen molar-refractivity contribution in [3.05, 3.63) is 0 Å². The first kappa shape index (κ1) is 18.0. The predicted octanol–water partition coefficient (Wildman–Crippen LogP) is -2.67. The first-order valence-corrected chi connectivity index (χ1v) is 8.35. The van der Waals surface area contributed by atoms with Gasteiger partial charge in [0.2, 0.25) is 5.52 Å². The van der Waals surface area contributed by atoms with E-state index in [9.17, 15) is 29.2 Å². The van der Waals surface area contributed by atoms with Gasteiger partial charge in [-0.05, 0) is 12.8 Å². The smallest absolute Gasteiger partial charge is 0.322 e. The fraction of sp³-hybridized carbons (Fsp3) is 0.750. The maximum absolute atomic E-state index is 10.8. The zero-order valence-corrected chi connectivity index (χ0v) is 11.3. The first-order chi connectivity index (χ1) is 8.05. The van der Waals surface area contributed by atoms with Gasteiger partial charge in [0.1, 0.15) is 0 Å². The summed E-state index contributed by atoms with van der Waals surface area (Å²) >= 11 is 0. The Bertz CT molecular complexity index is 262. The number of unbranched alkanes of at least 4 members (excludes halogenated alkanes) is 3. The van der Waals surface area contributed by atoms with Crippen LogP contribution >= 0.6 is 15.9 Å². The molecular formula is C8H14O8P2-2. The van der Waals surface area contributed by atoms with E-state index in [4.69, 9.17) is 9.79 Å². The molecule has 0 aliphatic carbocycles. The first-order valence-electron chi connectivity index (χ1n) is 5.19. The van der Waals surface area contributed by atoms with Crippen LogP contribution in [-0.2, 0) is 9.59 Å². The molecule has 2 N–H and O–H groups in total. The van der Waals surface area contributed by atoms with Gasteiger partial charge in [-0.15, -0.1) is 0 Å². The predicted molar refractivity (Wildman–Crippen MR) is 56.0 cm³/mol. The maximum Gasteiger partial charge on any atom is 0.322 e. The Hall–Kier alpha value is -0.0400. The van der Waals surface area contributed by atoms with E-state index in [1.807, 2.05) is 0 Å². The molecule has 0 rings (SSSR count). The molecular weight excluding hydrogens is 286 g/mol. The van der Waals surface area contributed by atoms with Gasteiger partial charge < -0.3 is 19.6 Å². The minimum Gasteiger partial charge on any atom is -0.681 e. The van der Waals surface area contributed by atoms with E-state index in [2.05, 4.69) is 0 Å². The normalized spacial score (nSPS) is 12.6. The molecule has 0 aliphatic heterocycles. The molecule has 106 valence electrons. The van der Waals surface area contributed by atoms with Gasteiger partial charge in [0.15, 0.2) is 0 Å². The monoisotopic (exact) mass is 300 g/mol. The lowest BCUT2D eigenvalue weighted by Gasteiger charge is -2.38. The standard InChI is InChI=1S/C8H16O8P2/c9-7(17(11,12)13)5-3-1-2-4-6-8(10)18(14,15)16/h1-6H2,(H2,11,12,13)(H2,14,15,16)/p-2.